The van der Waals surface area contributed by atoms with E-state index < -0.39 is 5.97 Å². The number of esters is 1. The predicted molar refractivity (Wildman–Crippen MR) is 89.5 cm³/mol. The van der Waals surface area contributed by atoms with E-state index in [4.69, 9.17) is 4.74 Å². The smallest absolute Gasteiger partial charge is 0.312 e. The number of thiazole rings is 1. The number of likely N-dealkylation sites (tertiary alicyclic amines) is 1. The third-order valence-corrected chi connectivity index (χ3v) is 5.59. The number of rotatable bonds is 5. The Hall–Kier alpha value is -1.73. The summed E-state index contributed by atoms with van der Waals surface area (Å²) < 4.78 is 5.13. The summed E-state index contributed by atoms with van der Waals surface area (Å²) in [6, 6.07) is 4.18. The van der Waals surface area contributed by atoms with Gasteiger partial charge in [0, 0.05) is 16.8 Å². The van der Waals surface area contributed by atoms with Gasteiger partial charge in [0.25, 0.3) is 5.91 Å². The van der Waals surface area contributed by atoms with Gasteiger partial charge in [0.05, 0.1) is 23.2 Å². The van der Waals surface area contributed by atoms with Crippen LogP contribution in [0.1, 0.15) is 34.5 Å². The van der Waals surface area contributed by atoms with Crippen molar-refractivity contribution in [3.63, 3.8) is 0 Å². The van der Waals surface area contributed by atoms with Gasteiger partial charge in [-0.05, 0) is 31.2 Å². The van der Waals surface area contributed by atoms with E-state index in [-0.39, 0.29) is 25.0 Å². The molecule has 0 saturated carbocycles. The first kappa shape index (κ1) is 16.1. The molecule has 0 aromatic carbocycles. The minimum atomic E-state index is -0.407. The van der Waals surface area contributed by atoms with E-state index in [1.54, 1.807) is 11.3 Å². The number of amides is 1. The normalized spacial score (nSPS) is 17.4. The van der Waals surface area contributed by atoms with Crippen LogP contribution in [0.2, 0.25) is 0 Å². The summed E-state index contributed by atoms with van der Waals surface area (Å²) >= 11 is 3.16. The molecule has 1 fully saturated rings. The molecule has 0 N–H and O–H groups in total. The number of hydrogen-bond acceptors (Lipinski definition) is 6. The maximum Gasteiger partial charge on any atom is 0.312 e. The fraction of sp³-hybridized carbons (Fsp3) is 0.438. The van der Waals surface area contributed by atoms with Crippen molar-refractivity contribution in [3.8, 4) is 0 Å². The fourth-order valence-corrected chi connectivity index (χ4v) is 4.24. The molecule has 0 bridgehead atoms. The topological polar surface area (TPSA) is 59.5 Å². The number of nitrogens with zero attached hydrogens (tertiary/aromatic N) is 2. The van der Waals surface area contributed by atoms with Crippen LogP contribution in [0.4, 0.5) is 0 Å². The van der Waals surface area contributed by atoms with Gasteiger partial charge in [-0.15, -0.1) is 22.7 Å². The average Bonchev–Trinajstić information content (AvgIpc) is 3.25. The molecule has 0 aliphatic carbocycles. The Balaban J connectivity index is 1.51. The van der Waals surface area contributed by atoms with Crippen LogP contribution >= 0.6 is 22.7 Å². The van der Waals surface area contributed by atoms with E-state index in [1.165, 1.54) is 16.2 Å². The molecular weight excluding hydrogens is 332 g/mol. The third-order valence-electron chi connectivity index (χ3n) is 3.79. The molecule has 122 valence electrons. The number of carbonyl (C=O) groups is 2. The van der Waals surface area contributed by atoms with Gasteiger partial charge in [-0.2, -0.15) is 0 Å². The first-order valence-corrected chi connectivity index (χ1v) is 9.29. The molecule has 5 nitrogen and oxygen atoms in total. The largest absolute Gasteiger partial charge is 0.455 e. The van der Waals surface area contributed by atoms with Crippen LogP contribution in [-0.4, -0.2) is 34.9 Å². The summed E-state index contributed by atoms with van der Waals surface area (Å²) in [6.45, 7) is 2.43. The summed E-state index contributed by atoms with van der Waals surface area (Å²) in [6.07, 6.45) is 2.07. The fourth-order valence-electron chi connectivity index (χ4n) is 2.76. The van der Waals surface area contributed by atoms with Crippen molar-refractivity contribution in [2.45, 2.75) is 32.2 Å². The maximum absolute atomic E-state index is 12.4. The second kappa shape index (κ2) is 7.23. The van der Waals surface area contributed by atoms with Crippen molar-refractivity contribution in [1.29, 1.82) is 0 Å². The van der Waals surface area contributed by atoms with Crippen molar-refractivity contribution in [1.82, 2.24) is 9.88 Å². The molecule has 7 heteroatoms. The number of carbonyl (C=O) groups excluding carboxylic acids is 2. The molecule has 1 saturated heterocycles. The van der Waals surface area contributed by atoms with Crippen LogP contribution < -0.4 is 0 Å². The molecule has 23 heavy (non-hydrogen) atoms. The minimum Gasteiger partial charge on any atom is -0.455 e. The highest BCUT2D eigenvalue weighted by Crippen LogP contribution is 2.34. The Bertz CT molecular complexity index is 681. The maximum atomic E-state index is 12.4. The molecular formula is C16H18N2O3S2. The molecule has 3 heterocycles. The zero-order valence-electron chi connectivity index (χ0n) is 12.9. The third kappa shape index (κ3) is 3.97. The van der Waals surface area contributed by atoms with Crippen molar-refractivity contribution >= 4 is 34.6 Å². The molecule has 0 spiro atoms. The van der Waals surface area contributed by atoms with E-state index in [9.17, 15) is 9.59 Å². The summed E-state index contributed by atoms with van der Waals surface area (Å²) in [5.41, 5.74) is 0.697. The van der Waals surface area contributed by atoms with Crippen molar-refractivity contribution in [3.05, 3.63) is 38.5 Å². The van der Waals surface area contributed by atoms with Gasteiger partial charge in [0.2, 0.25) is 0 Å². The van der Waals surface area contributed by atoms with E-state index >= 15 is 0 Å². The lowest BCUT2D eigenvalue weighted by Crippen LogP contribution is -2.34. The Morgan fingerprint density at radius 3 is 3.00 bits per heavy atom. The van der Waals surface area contributed by atoms with E-state index in [0.717, 1.165) is 24.4 Å². The minimum absolute atomic E-state index is 0.117. The molecule has 0 radical (unpaired) electrons. The zero-order valence-corrected chi connectivity index (χ0v) is 14.5. The summed E-state index contributed by atoms with van der Waals surface area (Å²) in [5.74, 6) is -0.528. The molecule has 1 amide bonds. The lowest BCUT2D eigenvalue weighted by Gasteiger charge is -2.23. The van der Waals surface area contributed by atoms with Crippen molar-refractivity contribution in [2.24, 2.45) is 0 Å². The summed E-state index contributed by atoms with van der Waals surface area (Å²) in [5, 5.41) is 4.78. The van der Waals surface area contributed by atoms with Crippen LogP contribution in [0.3, 0.4) is 0 Å². The second-order valence-electron chi connectivity index (χ2n) is 5.46. The van der Waals surface area contributed by atoms with Crippen LogP contribution in [0, 0.1) is 6.92 Å². The Morgan fingerprint density at radius 2 is 2.30 bits per heavy atom. The molecule has 1 atom stereocenters. The Kier molecular flexibility index (Phi) is 5.07. The summed E-state index contributed by atoms with van der Waals surface area (Å²) in [7, 11) is 0. The molecule has 2 aromatic heterocycles. The van der Waals surface area contributed by atoms with Gasteiger partial charge < -0.3 is 9.64 Å². The molecule has 1 aliphatic heterocycles. The monoisotopic (exact) mass is 350 g/mol. The van der Waals surface area contributed by atoms with Crippen molar-refractivity contribution in [2.75, 3.05) is 13.2 Å². The number of aryl methyl sites for hydroxylation is 1. The number of aromatic nitrogens is 1. The van der Waals surface area contributed by atoms with Gasteiger partial charge in [0.1, 0.15) is 0 Å². The van der Waals surface area contributed by atoms with E-state index in [2.05, 4.69) is 11.1 Å². The van der Waals surface area contributed by atoms with Crippen LogP contribution in [0.25, 0.3) is 0 Å². The summed E-state index contributed by atoms with van der Waals surface area (Å²) in [4.78, 5) is 31.4. The first-order chi connectivity index (χ1) is 11.1. The Morgan fingerprint density at radius 1 is 1.43 bits per heavy atom. The van der Waals surface area contributed by atoms with Crippen LogP contribution in [-0.2, 0) is 20.7 Å². The standard InChI is InChI=1S/C16H18N2O3S2/c1-11-17-12(10-23-11)8-16(20)21-9-15(19)18-6-2-4-13(18)14-5-3-7-22-14/h3,5,7,10,13H,2,4,6,8-9H2,1H3. The second-order valence-corrected chi connectivity index (χ2v) is 7.50. The molecule has 1 unspecified atom stereocenters. The van der Waals surface area contributed by atoms with E-state index in [1.807, 2.05) is 28.7 Å². The Labute approximate surface area is 142 Å². The lowest BCUT2D eigenvalue weighted by atomic mass is 10.2. The van der Waals surface area contributed by atoms with E-state index in [0.29, 0.717) is 5.69 Å². The molecule has 2 aromatic rings. The molecule has 3 rings (SSSR count). The number of hydrogen-bond donors (Lipinski definition) is 0. The van der Waals surface area contributed by atoms with Crippen LogP contribution in [0.5, 0.6) is 0 Å². The van der Waals surface area contributed by atoms with Gasteiger partial charge in [-0.3, -0.25) is 9.59 Å². The van der Waals surface area contributed by atoms with Gasteiger partial charge in [-0.25, -0.2) is 4.98 Å². The van der Waals surface area contributed by atoms with Gasteiger partial charge >= 0.3 is 5.97 Å². The van der Waals surface area contributed by atoms with Gasteiger partial charge in [-0.1, -0.05) is 6.07 Å². The van der Waals surface area contributed by atoms with Crippen LogP contribution in [0.15, 0.2) is 22.9 Å². The zero-order chi connectivity index (χ0) is 16.2. The molecule has 1 aliphatic rings. The highest BCUT2D eigenvalue weighted by molar-refractivity contribution is 7.10. The van der Waals surface area contributed by atoms with Gasteiger partial charge in [0.15, 0.2) is 6.61 Å². The number of ether oxygens (including phenoxy) is 1. The predicted octanol–water partition coefficient (Wildman–Crippen LogP) is 2.96. The lowest BCUT2D eigenvalue weighted by molar-refractivity contribution is -0.151. The SMILES string of the molecule is Cc1nc(CC(=O)OCC(=O)N2CCCC2c2cccs2)cs1. The number of thiophene rings is 1. The first-order valence-electron chi connectivity index (χ1n) is 7.53. The highest BCUT2D eigenvalue weighted by atomic mass is 32.1. The highest BCUT2D eigenvalue weighted by Gasteiger charge is 2.30. The average molecular weight is 350 g/mol. The quantitative estimate of drug-likeness (QED) is 0.778. The van der Waals surface area contributed by atoms with Crippen molar-refractivity contribution < 1.29 is 14.3 Å².